The largest absolute Gasteiger partial charge is 0.457 e. The van der Waals surface area contributed by atoms with Crippen molar-refractivity contribution in [1.29, 1.82) is 0 Å². The first-order chi connectivity index (χ1) is 16.7. The van der Waals surface area contributed by atoms with Crippen LogP contribution in [0.15, 0.2) is 104 Å². The Morgan fingerprint density at radius 1 is 0.912 bits per heavy atom. The summed E-state index contributed by atoms with van der Waals surface area (Å²) in [6, 6.07) is 24.9. The first-order valence-corrected chi connectivity index (χ1v) is 10.7. The number of hydrogen-bond acceptors (Lipinski definition) is 5. The standard InChI is InChI=1S/C27H21N5O2/c1-2-24(33)31-20-8-6-7-18(15-20)23-16-28-26-25(23)27(30-17-29-26)32-19-11-13-22(14-12-19)34-21-9-4-3-5-10-21/h2-17H,1H2,(H,31,33)(H2,28,29,30,32). The van der Waals surface area contributed by atoms with E-state index < -0.39 is 0 Å². The van der Waals surface area contributed by atoms with Gasteiger partial charge in [0.25, 0.3) is 0 Å². The Kier molecular flexibility index (Phi) is 5.73. The summed E-state index contributed by atoms with van der Waals surface area (Å²) in [4.78, 5) is 23.8. The number of fused-ring (bicyclic) bond motifs is 1. The topological polar surface area (TPSA) is 91.9 Å². The molecule has 0 radical (unpaired) electrons. The molecule has 0 fully saturated rings. The predicted molar refractivity (Wildman–Crippen MR) is 134 cm³/mol. The normalized spacial score (nSPS) is 10.6. The number of aromatic amines is 1. The molecule has 0 aliphatic rings. The molecule has 0 atom stereocenters. The van der Waals surface area contributed by atoms with Gasteiger partial charge in [-0.05, 0) is 60.2 Å². The zero-order valence-corrected chi connectivity index (χ0v) is 18.2. The van der Waals surface area contributed by atoms with Gasteiger partial charge in [0.1, 0.15) is 29.3 Å². The third-order valence-electron chi connectivity index (χ3n) is 5.19. The van der Waals surface area contributed by atoms with Crippen LogP contribution in [0.5, 0.6) is 11.5 Å². The number of hydrogen-bond donors (Lipinski definition) is 3. The fraction of sp³-hybridized carbons (Fsp3) is 0. The number of anilines is 3. The van der Waals surface area contributed by atoms with Crippen molar-refractivity contribution in [3.05, 3.63) is 104 Å². The van der Waals surface area contributed by atoms with E-state index in [0.717, 1.165) is 33.7 Å². The van der Waals surface area contributed by atoms with Gasteiger partial charge in [-0.25, -0.2) is 9.97 Å². The van der Waals surface area contributed by atoms with E-state index in [0.29, 0.717) is 17.2 Å². The average Bonchev–Trinajstić information content (AvgIpc) is 3.31. The number of carbonyl (C=O) groups is 1. The fourth-order valence-corrected chi connectivity index (χ4v) is 3.61. The summed E-state index contributed by atoms with van der Waals surface area (Å²) < 4.78 is 5.87. The highest BCUT2D eigenvalue weighted by Gasteiger charge is 2.14. The summed E-state index contributed by atoms with van der Waals surface area (Å²) in [5.41, 5.74) is 4.07. The molecule has 5 aromatic rings. The number of para-hydroxylation sites is 1. The molecule has 0 aliphatic carbocycles. The van der Waals surface area contributed by atoms with Crippen LogP contribution in [-0.4, -0.2) is 20.9 Å². The molecule has 7 nitrogen and oxygen atoms in total. The summed E-state index contributed by atoms with van der Waals surface area (Å²) in [6.07, 6.45) is 4.64. The number of carbonyl (C=O) groups excluding carboxylic acids is 1. The Morgan fingerprint density at radius 2 is 1.71 bits per heavy atom. The lowest BCUT2D eigenvalue weighted by atomic mass is 10.1. The molecular weight excluding hydrogens is 426 g/mol. The van der Waals surface area contributed by atoms with Crippen molar-refractivity contribution in [1.82, 2.24) is 15.0 Å². The summed E-state index contributed by atoms with van der Waals surface area (Å²) in [6.45, 7) is 3.50. The summed E-state index contributed by atoms with van der Waals surface area (Å²) >= 11 is 0. The van der Waals surface area contributed by atoms with Crippen molar-refractivity contribution in [2.75, 3.05) is 10.6 Å². The van der Waals surface area contributed by atoms with Crippen LogP contribution in [0.3, 0.4) is 0 Å². The second-order valence-electron chi connectivity index (χ2n) is 7.49. The number of nitrogens with one attached hydrogen (secondary N) is 3. The molecule has 0 spiro atoms. The minimum absolute atomic E-state index is 0.263. The predicted octanol–water partition coefficient (Wildman–Crippen LogP) is 6.29. The Morgan fingerprint density at radius 3 is 2.50 bits per heavy atom. The number of amides is 1. The quantitative estimate of drug-likeness (QED) is 0.255. The number of rotatable bonds is 7. The lowest BCUT2D eigenvalue weighted by Crippen LogP contribution is -2.06. The number of benzene rings is 3. The van der Waals surface area contributed by atoms with E-state index in [1.807, 2.05) is 85.1 Å². The van der Waals surface area contributed by atoms with Gasteiger partial charge in [-0.1, -0.05) is 36.9 Å². The van der Waals surface area contributed by atoms with Crippen LogP contribution in [-0.2, 0) is 4.79 Å². The molecule has 2 heterocycles. The number of aromatic nitrogens is 3. The highest BCUT2D eigenvalue weighted by molar-refractivity contribution is 6.03. The second kappa shape index (κ2) is 9.30. The Hall–Kier alpha value is -4.91. The Balaban J connectivity index is 1.43. The monoisotopic (exact) mass is 447 g/mol. The number of H-pyrrole nitrogens is 1. The minimum atomic E-state index is -0.263. The molecule has 0 saturated heterocycles. The van der Waals surface area contributed by atoms with Crippen molar-refractivity contribution in [3.8, 4) is 22.6 Å². The van der Waals surface area contributed by atoms with E-state index in [4.69, 9.17) is 4.74 Å². The zero-order chi connectivity index (χ0) is 23.3. The molecule has 5 rings (SSSR count). The fourth-order valence-electron chi connectivity index (χ4n) is 3.61. The Labute approximate surface area is 196 Å². The molecule has 0 bridgehead atoms. The van der Waals surface area contributed by atoms with E-state index >= 15 is 0 Å². The maximum atomic E-state index is 11.7. The smallest absolute Gasteiger partial charge is 0.247 e. The average molecular weight is 447 g/mol. The van der Waals surface area contributed by atoms with Gasteiger partial charge in [0.05, 0.1) is 5.39 Å². The van der Waals surface area contributed by atoms with Crippen LogP contribution in [0.25, 0.3) is 22.2 Å². The maximum absolute atomic E-state index is 11.7. The summed E-state index contributed by atoms with van der Waals surface area (Å²) in [5, 5.41) is 7.02. The van der Waals surface area contributed by atoms with Gasteiger partial charge in [0, 0.05) is 23.1 Å². The van der Waals surface area contributed by atoms with Crippen molar-refractivity contribution < 1.29 is 9.53 Å². The van der Waals surface area contributed by atoms with Crippen molar-refractivity contribution in [2.24, 2.45) is 0 Å². The zero-order valence-electron chi connectivity index (χ0n) is 18.2. The first-order valence-electron chi connectivity index (χ1n) is 10.7. The van der Waals surface area contributed by atoms with Gasteiger partial charge in [0.2, 0.25) is 5.91 Å². The third kappa shape index (κ3) is 4.49. The molecule has 3 aromatic carbocycles. The van der Waals surface area contributed by atoms with Crippen molar-refractivity contribution in [2.45, 2.75) is 0 Å². The molecule has 1 amide bonds. The number of nitrogens with zero attached hydrogens (tertiary/aromatic N) is 2. The molecule has 166 valence electrons. The molecule has 7 heteroatoms. The maximum Gasteiger partial charge on any atom is 0.247 e. The highest BCUT2D eigenvalue weighted by Crippen LogP contribution is 2.34. The number of ether oxygens (including phenoxy) is 1. The van der Waals surface area contributed by atoms with Crippen LogP contribution in [0.2, 0.25) is 0 Å². The van der Waals surface area contributed by atoms with E-state index in [1.165, 1.54) is 12.4 Å². The SMILES string of the molecule is C=CC(=O)Nc1cccc(-c2c[nH]c3ncnc(Nc4ccc(Oc5ccccc5)cc4)c23)c1. The molecular formula is C27H21N5O2. The van der Waals surface area contributed by atoms with E-state index in [2.05, 4.69) is 32.2 Å². The molecule has 0 saturated carbocycles. The van der Waals surface area contributed by atoms with E-state index in [1.54, 1.807) is 0 Å². The summed E-state index contributed by atoms with van der Waals surface area (Å²) in [5.74, 6) is 1.93. The minimum Gasteiger partial charge on any atom is -0.457 e. The third-order valence-corrected chi connectivity index (χ3v) is 5.19. The summed E-state index contributed by atoms with van der Waals surface area (Å²) in [7, 11) is 0. The van der Waals surface area contributed by atoms with Crippen molar-refractivity contribution >= 4 is 34.1 Å². The lowest BCUT2D eigenvalue weighted by Gasteiger charge is -2.10. The van der Waals surface area contributed by atoms with Gasteiger partial charge in [0.15, 0.2) is 0 Å². The molecule has 2 aromatic heterocycles. The van der Waals surface area contributed by atoms with Gasteiger partial charge in [-0.15, -0.1) is 0 Å². The van der Waals surface area contributed by atoms with Gasteiger partial charge < -0.3 is 20.4 Å². The van der Waals surface area contributed by atoms with Crippen LogP contribution in [0, 0.1) is 0 Å². The van der Waals surface area contributed by atoms with Crippen LogP contribution < -0.4 is 15.4 Å². The van der Waals surface area contributed by atoms with Gasteiger partial charge in [-0.3, -0.25) is 4.79 Å². The van der Waals surface area contributed by atoms with Crippen LogP contribution in [0.4, 0.5) is 17.2 Å². The van der Waals surface area contributed by atoms with Gasteiger partial charge >= 0.3 is 0 Å². The molecule has 0 unspecified atom stereocenters. The Bertz CT molecular complexity index is 1460. The van der Waals surface area contributed by atoms with Gasteiger partial charge in [-0.2, -0.15) is 0 Å². The van der Waals surface area contributed by atoms with E-state index in [-0.39, 0.29) is 5.91 Å². The molecule has 34 heavy (non-hydrogen) atoms. The highest BCUT2D eigenvalue weighted by atomic mass is 16.5. The first kappa shape index (κ1) is 21.0. The molecule has 3 N–H and O–H groups in total. The second-order valence-corrected chi connectivity index (χ2v) is 7.49. The lowest BCUT2D eigenvalue weighted by molar-refractivity contribution is -0.111. The van der Waals surface area contributed by atoms with Crippen molar-refractivity contribution in [3.63, 3.8) is 0 Å². The van der Waals surface area contributed by atoms with Crippen LogP contribution >= 0.6 is 0 Å². The molecule has 0 aliphatic heterocycles. The van der Waals surface area contributed by atoms with Crippen LogP contribution in [0.1, 0.15) is 0 Å². The van der Waals surface area contributed by atoms with E-state index in [9.17, 15) is 4.79 Å².